The number of H-pyrrole nitrogens is 1. The molecule has 138 valence electrons. The molecule has 9 nitrogen and oxygen atoms in total. The number of hydrogen-bond acceptors (Lipinski definition) is 6. The lowest BCUT2D eigenvalue weighted by atomic mass is 10.1. The van der Waals surface area contributed by atoms with Crippen LogP contribution >= 0.6 is 11.6 Å². The summed E-state index contributed by atoms with van der Waals surface area (Å²) in [6, 6.07) is 0. The number of hydrogen-bond donors (Lipinski definition) is 2. The number of nitrogens with two attached hydrogens (primary N) is 1. The van der Waals surface area contributed by atoms with Crippen LogP contribution in [0.4, 0.5) is 11.8 Å². The lowest BCUT2D eigenvalue weighted by Crippen LogP contribution is -2.27. The number of anilines is 2. The minimum atomic E-state index is -0.256. The number of nitrogens with zero attached hydrogens (tertiary/aromatic N) is 6. The van der Waals surface area contributed by atoms with Gasteiger partial charge >= 0.3 is 0 Å². The van der Waals surface area contributed by atoms with Crippen LogP contribution in [0.1, 0.15) is 29.6 Å². The van der Waals surface area contributed by atoms with Gasteiger partial charge in [-0.2, -0.15) is 10.1 Å². The highest BCUT2D eigenvalue weighted by atomic mass is 35.5. The zero-order valence-corrected chi connectivity index (χ0v) is 15.5. The van der Waals surface area contributed by atoms with Crippen molar-refractivity contribution in [1.29, 1.82) is 0 Å². The van der Waals surface area contributed by atoms with Gasteiger partial charge < -0.3 is 10.7 Å². The lowest BCUT2D eigenvalue weighted by Gasteiger charge is -2.15. The zero-order valence-electron chi connectivity index (χ0n) is 14.8. The molecule has 0 unspecified atom stereocenters. The highest BCUT2D eigenvalue weighted by Crippen LogP contribution is 2.41. The van der Waals surface area contributed by atoms with Crippen molar-refractivity contribution >= 4 is 40.9 Å². The molecule has 0 spiro atoms. The van der Waals surface area contributed by atoms with Crippen LogP contribution in [0, 0.1) is 6.92 Å². The number of imidazole rings is 1. The summed E-state index contributed by atoms with van der Waals surface area (Å²) in [5.74, 6) is 0.659. The maximum absolute atomic E-state index is 13.2. The molecular weight excluding hydrogens is 368 g/mol. The summed E-state index contributed by atoms with van der Waals surface area (Å²) >= 11 is 6.30. The monoisotopic (exact) mass is 384 g/mol. The smallest absolute Gasteiger partial charge is 0.260 e. The number of carbonyl (C=O) groups excluding carboxylic acids is 1. The Morgan fingerprint density at radius 3 is 2.85 bits per heavy atom. The second kappa shape index (κ2) is 6.51. The van der Waals surface area contributed by atoms with Crippen molar-refractivity contribution in [2.45, 2.75) is 26.9 Å². The van der Waals surface area contributed by atoms with Crippen LogP contribution in [-0.2, 0) is 17.9 Å². The van der Waals surface area contributed by atoms with Crippen LogP contribution in [0.3, 0.4) is 0 Å². The van der Waals surface area contributed by atoms with Crippen LogP contribution < -0.4 is 10.6 Å². The summed E-state index contributed by atoms with van der Waals surface area (Å²) in [7, 11) is 0. The van der Waals surface area contributed by atoms with Gasteiger partial charge in [0.15, 0.2) is 5.82 Å². The Hall–Kier alpha value is -3.20. The van der Waals surface area contributed by atoms with Crippen molar-refractivity contribution in [2.75, 3.05) is 10.6 Å². The van der Waals surface area contributed by atoms with Crippen LogP contribution in [-0.4, -0.2) is 35.6 Å². The maximum atomic E-state index is 13.2. The normalized spacial score (nSPS) is 15.0. The molecule has 0 aromatic carbocycles. The third-order valence-electron chi connectivity index (χ3n) is 4.34. The Labute approximate surface area is 159 Å². The minimum Gasteiger partial charge on any atom is -0.368 e. The Balaban J connectivity index is 1.82. The third-order valence-corrected chi connectivity index (χ3v) is 4.62. The SMILES string of the molecule is CCn1cc(C)c(CN2C(=O)C(=Cc3ncc[nH]3)c3c(Cl)nc(N)nc32)n1. The molecule has 0 fully saturated rings. The Morgan fingerprint density at radius 1 is 1.37 bits per heavy atom. The van der Waals surface area contributed by atoms with Gasteiger partial charge in [0.2, 0.25) is 5.95 Å². The molecule has 4 heterocycles. The fourth-order valence-corrected chi connectivity index (χ4v) is 3.29. The largest absolute Gasteiger partial charge is 0.368 e. The van der Waals surface area contributed by atoms with E-state index in [1.54, 1.807) is 18.5 Å². The quantitative estimate of drug-likeness (QED) is 0.525. The second-order valence-corrected chi connectivity index (χ2v) is 6.47. The van der Waals surface area contributed by atoms with Gasteiger partial charge in [0.25, 0.3) is 5.91 Å². The Morgan fingerprint density at radius 2 is 2.19 bits per heavy atom. The van der Waals surface area contributed by atoms with Crippen molar-refractivity contribution in [2.24, 2.45) is 0 Å². The average molecular weight is 385 g/mol. The van der Waals surface area contributed by atoms with Gasteiger partial charge in [-0.3, -0.25) is 14.4 Å². The van der Waals surface area contributed by atoms with E-state index in [1.807, 2.05) is 24.7 Å². The average Bonchev–Trinajstić information content (AvgIpc) is 3.31. The molecule has 0 atom stereocenters. The third kappa shape index (κ3) is 2.95. The predicted octanol–water partition coefficient (Wildman–Crippen LogP) is 2.05. The fourth-order valence-electron chi connectivity index (χ4n) is 3.02. The number of carbonyl (C=O) groups is 1. The number of aryl methyl sites for hydroxylation is 2. The highest BCUT2D eigenvalue weighted by molar-refractivity contribution is 6.41. The first-order valence-corrected chi connectivity index (χ1v) is 8.75. The lowest BCUT2D eigenvalue weighted by molar-refractivity contribution is -0.113. The maximum Gasteiger partial charge on any atom is 0.260 e. The Bertz CT molecular complexity index is 1050. The number of halogens is 1. The molecule has 10 heteroatoms. The first-order valence-electron chi connectivity index (χ1n) is 8.37. The van der Waals surface area contributed by atoms with Crippen molar-refractivity contribution in [3.05, 3.63) is 46.4 Å². The van der Waals surface area contributed by atoms with Crippen LogP contribution in [0.15, 0.2) is 18.6 Å². The van der Waals surface area contributed by atoms with E-state index in [0.717, 1.165) is 17.8 Å². The van der Waals surface area contributed by atoms with Gasteiger partial charge in [-0.1, -0.05) is 11.6 Å². The molecule has 0 aliphatic carbocycles. The number of aromatic amines is 1. The molecule has 1 amide bonds. The minimum absolute atomic E-state index is 0.00612. The van der Waals surface area contributed by atoms with Crippen LogP contribution in [0.25, 0.3) is 11.6 Å². The van der Waals surface area contributed by atoms with E-state index in [1.165, 1.54) is 4.90 Å². The predicted molar refractivity (Wildman–Crippen MR) is 102 cm³/mol. The first-order chi connectivity index (χ1) is 13.0. The van der Waals surface area contributed by atoms with E-state index in [-0.39, 0.29) is 23.6 Å². The molecule has 4 rings (SSSR count). The van der Waals surface area contributed by atoms with Crippen molar-refractivity contribution in [3.8, 4) is 0 Å². The fraction of sp³-hybridized carbons (Fsp3) is 0.235. The molecule has 3 aromatic rings. The number of amides is 1. The van der Waals surface area contributed by atoms with E-state index < -0.39 is 0 Å². The van der Waals surface area contributed by atoms with Gasteiger partial charge in [0, 0.05) is 25.1 Å². The molecule has 1 aliphatic rings. The standard InChI is InChI=1S/C17H17ClN8O/c1-3-25-7-9(2)11(24-25)8-26-15-13(14(18)22-17(19)23-15)10(16(26)27)6-12-20-4-5-21-12/h4-7H,3,8H2,1-2H3,(H,20,21)(H2,19,22,23). The molecule has 0 saturated carbocycles. The van der Waals surface area contributed by atoms with Gasteiger partial charge in [-0.25, -0.2) is 9.97 Å². The summed E-state index contributed by atoms with van der Waals surface area (Å²) in [6.07, 6.45) is 6.85. The molecule has 3 aromatic heterocycles. The summed E-state index contributed by atoms with van der Waals surface area (Å²) in [5.41, 5.74) is 8.34. The summed E-state index contributed by atoms with van der Waals surface area (Å²) in [6.45, 7) is 4.96. The molecule has 1 aliphatic heterocycles. The Kier molecular flexibility index (Phi) is 4.15. The molecule has 3 N–H and O–H groups in total. The van der Waals surface area contributed by atoms with E-state index in [2.05, 4.69) is 25.0 Å². The van der Waals surface area contributed by atoms with Gasteiger partial charge in [0.1, 0.15) is 11.0 Å². The molecule has 27 heavy (non-hydrogen) atoms. The van der Waals surface area contributed by atoms with Crippen LogP contribution in [0.2, 0.25) is 5.15 Å². The second-order valence-electron chi connectivity index (χ2n) is 6.11. The highest BCUT2D eigenvalue weighted by Gasteiger charge is 2.37. The van der Waals surface area contributed by atoms with Gasteiger partial charge in [0.05, 0.1) is 23.4 Å². The number of nitrogen functional groups attached to an aromatic ring is 1. The van der Waals surface area contributed by atoms with E-state index in [4.69, 9.17) is 17.3 Å². The first kappa shape index (κ1) is 17.2. The van der Waals surface area contributed by atoms with Crippen molar-refractivity contribution in [1.82, 2.24) is 29.7 Å². The number of fused-ring (bicyclic) bond motifs is 1. The number of aromatic nitrogens is 6. The summed E-state index contributed by atoms with van der Waals surface area (Å²) < 4.78 is 1.83. The summed E-state index contributed by atoms with van der Waals surface area (Å²) in [4.78, 5) is 30.0. The molecule has 0 radical (unpaired) electrons. The van der Waals surface area contributed by atoms with E-state index >= 15 is 0 Å². The van der Waals surface area contributed by atoms with E-state index in [0.29, 0.717) is 22.8 Å². The number of nitrogens with one attached hydrogen (secondary N) is 1. The van der Waals surface area contributed by atoms with Gasteiger partial charge in [-0.05, 0) is 25.5 Å². The number of rotatable bonds is 4. The topological polar surface area (TPSA) is 119 Å². The van der Waals surface area contributed by atoms with Crippen molar-refractivity contribution in [3.63, 3.8) is 0 Å². The van der Waals surface area contributed by atoms with Crippen molar-refractivity contribution < 1.29 is 4.79 Å². The van der Waals surface area contributed by atoms with Gasteiger partial charge in [-0.15, -0.1) is 0 Å². The molecule has 0 saturated heterocycles. The summed E-state index contributed by atoms with van der Waals surface area (Å²) in [5, 5.41) is 4.65. The van der Waals surface area contributed by atoms with E-state index in [9.17, 15) is 4.79 Å². The zero-order chi connectivity index (χ0) is 19.1. The van der Waals surface area contributed by atoms with Crippen LogP contribution in [0.5, 0.6) is 0 Å². The molecule has 0 bridgehead atoms. The molecular formula is C17H17ClN8O.